The normalized spacial score (nSPS) is 9.50. The fraction of sp³-hybridized carbons (Fsp3) is 0. The summed E-state index contributed by atoms with van der Waals surface area (Å²) < 4.78 is 0. The molecule has 1 aromatic heterocycles. The lowest BCUT2D eigenvalue weighted by Crippen LogP contribution is -2.22. The Bertz CT molecular complexity index is 299. The van der Waals surface area contributed by atoms with Crippen LogP contribution in [-0.2, 0) is 0 Å². The van der Waals surface area contributed by atoms with Gasteiger partial charge >= 0.3 is 0 Å². The summed E-state index contributed by atoms with van der Waals surface area (Å²) in [5, 5.41) is -0.120. The number of hydrogen-bond acceptors (Lipinski definition) is 4. The van der Waals surface area contributed by atoms with Crippen molar-refractivity contribution in [1.82, 2.24) is 15.0 Å². The summed E-state index contributed by atoms with van der Waals surface area (Å²) in [5.41, 5.74) is 10.1. The molecule has 0 amide bonds. The zero-order valence-electron chi connectivity index (χ0n) is 5.70. The second-order valence-electron chi connectivity index (χ2n) is 1.71. The molecular weight excluding hydrogens is 203 g/mol. The minimum atomic E-state index is -0.173. The van der Waals surface area contributed by atoms with Crippen LogP contribution in [0.2, 0.25) is 10.6 Å². The molecule has 6 nitrogen and oxygen atoms in total. The van der Waals surface area contributed by atoms with Crippen LogP contribution < -0.4 is 11.5 Å². The van der Waals surface area contributed by atoms with E-state index in [1.54, 1.807) is 0 Å². The average Bonchev–Trinajstić information content (AvgIpc) is 1.81. The number of guanidine groups is 1. The van der Waals surface area contributed by atoms with E-state index in [0.29, 0.717) is 0 Å². The minimum Gasteiger partial charge on any atom is -0.370 e. The van der Waals surface area contributed by atoms with Gasteiger partial charge in [-0.15, -0.1) is 0 Å². The van der Waals surface area contributed by atoms with Crippen molar-refractivity contribution in [1.29, 1.82) is 0 Å². The Morgan fingerprint density at radius 1 is 1.08 bits per heavy atom. The molecule has 64 valence electrons. The van der Waals surface area contributed by atoms with E-state index in [1.165, 1.54) is 0 Å². The topological polar surface area (TPSA) is 103 Å². The van der Waals surface area contributed by atoms with Crippen LogP contribution in [0, 0.1) is 0 Å². The van der Waals surface area contributed by atoms with Crippen molar-refractivity contribution in [2.24, 2.45) is 16.5 Å². The first-order valence-corrected chi connectivity index (χ1v) is 3.50. The standard InChI is InChI=1S/C4H4Cl2N6/c5-1-9-2(6)11-4(10-1)12-3(7)8/h(H4,7,8,9,10,11,12). The molecule has 0 bridgehead atoms. The van der Waals surface area contributed by atoms with E-state index >= 15 is 0 Å². The Hall–Kier alpha value is -1.14. The van der Waals surface area contributed by atoms with Gasteiger partial charge in [-0.1, -0.05) is 0 Å². The van der Waals surface area contributed by atoms with Crippen molar-refractivity contribution < 1.29 is 0 Å². The number of rotatable bonds is 1. The molecular formula is C4H4Cl2N6. The SMILES string of the molecule is NC(N)=Nc1nc(Cl)nc(Cl)n1. The molecule has 0 aliphatic heterocycles. The lowest BCUT2D eigenvalue weighted by Gasteiger charge is -1.93. The second-order valence-corrected chi connectivity index (χ2v) is 2.39. The van der Waals surface area contributed by atoms with Gasteiger partial charge < -0.3 is 11.5 Å². The number of nitrogens with zero attached hydrogens (tertiary/aromatic N) is 4. The van der Waals surface area contributed by atoms with Gasteiger partial charge in [-0.05, 0) is 23.2 Å². The van der Waals surface area contributed by atoms with Crippen LogP contribution in [0.5, 0.6) is 0 Å². The molecule has 0 atom stereocenters. The molecule has 12 heavy (non-hydrogen) atoms. The summed E-state index contributed by atoms with van der Waals surface area (Å²) >= 11 is 10.9. The Morgan fingerprint density at radius 3 is 2.00 bits per heavy atom. The van der Waals surface area contributed by atoms with Crippen LogP contribution in [-0.4, -0.2) is 20.9 Å². The summed E-state index contributed by atoms with van der Waals surface area (Å²) in [6, 6.07) is 0. The summed E-state index contributed by atoms with van der Waals surface area (Å²) in [4.78, 5) is 14.2. The molecule has 0 aliphatic rings. The molecule has 0 radical (unpaired) electrons. The molecule has 0 saturated heterocycles. The number of aliphatic imine (C=N–C) groups is 1. The van der Waals surface area contributed by atoms with Crippen molar-refractivity contribution in [2.75, 3.05) is 0 Å². The minimum absolute atomic E-state index is 0.0139. The fourth-order valence-corrected chi connectivity index (χ4v) is 0.836. The number of aromatic nitrogens is 3. The third kappa shape index (κ3) is 2.48. The van der Waals surface area contributed by atoms with Gasteiger partial charge in [-0.2, -0.15) is 19.9 Å². The first-order valence-electron chi connectivity index (χ1n) is 2.74. The van der Waals surface area contributed by atoms with Crippen molar-refractivity contribution in [2.45, 2.75) is 0 Å². The van der Waals surface area contributed by atoms with Gasteiger partial charge in [0.2, 0.25) is 10.6 Å². The van der Waals surface area contributed by atoms with Gasteiger partial charge in [0.15, 0.2) is 5.96 Å². The predicted octanol–water partition coefficient (Wildman–Crippen LogP) is 0.0833. The molecule has 4 N–H and O–H groups in total. The summed E-state index contributed by atoms with van der Waals surface area (Å²) in [5.74, 6) is -0.187. The molecule has 0 unspecified atom stereocenters. The van der Waals surface area contributed by atoms with Gasteiger partial charge in [0.05, 0.1) is 0 Å². The highest BCUT2D eigenvalue weighted by molar-refractivity contribution is 6.31. The van der Waals surface area contributed by atoms with Crippen molar-refractivity contribution in [3.8, 4) is 0 Å². The first-order chi connectivity index (χ1) is 5.58. The summed E-state index contributed by atoms with van der Waals surface area (Å²) in [6.45, 7) is 0. The van der Waals surface area contributed by atoms with Crippen LogP contribution in [0.4, 0.5) is 5.95 Å². The van der Waals surface area contributed by atoms with E-state index < -0.39 is 0 Å². The van der Waals surface area contributed by atoms with Crippen molar-refractivity contribution >= 4 is 35.1 Å². The molecule has 0 fully saturated rings. The number of hydrogen-bond donors (Lipinski definition) is 2. The molecule has 0 spiro atoms. The van der Waals surface area contributed by atoms with E-state index in [-0.39, 0.29) is 22.5 Å². The van der Waals surface area contributed by atoms with Crippen molar-refractivity contribution in [3.63, 3.8) is 0 Å². The van der Waals surface area contributed by atoms with Crippen LogP contribution in [0.3, 0.4) is 0 Å². The third-order valence-electron chi connectivity index (χ3n) is 0.798. The molecule has 0 aliphatic carbocycles. The average molecular weight is 207 g/mol. The molecule has 1 rings (SSSR count). The Labute approximate surface area is 77.6 Å². The predicted molar refractivity (Wildman–Crippen MR) is 45.3 cm³/mol. The van der Waals surface area contributed by atoms with E-state index in [1.807, 2.05) is 0 Å². The second kappa shape index (κ2) is 3.51. The van der Waals surface area contributed by atoms with Gasteiger partial charge in [-0.25, -0.2) is 0 Å². The highest BCUT2D eigenvalue weighted by Gasteiger charge is 2.00. The largest absolute Gasteiger partial charge is 0.370 e. The summed E-state index contributed by atoms with van der Waals surface area (Å²) in [6.07, 6.45) is 0. The maximum atomic E-state index is 5.44. The van der Waals surface area contributed by atoms with E-state index in [2.05, 4.69) is 19.9 Å². The zero-order chi connectivity index (χ0) is 9.14. The molecule has 0 saturated carbocycles. The highest BCUT2D eigenvalue weighted by Crippen LogP contribution is 2.11. The lowest BCUT2D eigenvalue weighted by atomic mass is 10.9. The first kappa shape index (κ1) is 8.95. The van der Waals surface area contributed by atoms with E-state index in [9.17, 15) is 0 Å². The molecule has 0 aromatic carbocycles. The molecule has 8 heteroatoms. The van der Waals surface area contributed by atoms with Gasteiger partial charge in [0.25, 0.3) is 5.95 Å². The van der Waals surface area contributed by atoms with Gasteiger partial charge in [0.1, 0.15) is 0 Å². The number of halogens is 2. The number of nitrogens with two attached hydrogens (primary N) is 2. The van der Waals surface area contributed by atoms with Crippen LogP contribution in [0.25, 0.3) is 0 Å². The van der Waals surface area contributed by atoms with E-state index in [0.717, 1.165) is 0 Å². The Morgan fingerprint density at radius 2 is 1.58 bits per heavy atom. The van der Waals surface area contributed by atoms with Crippen LogP contribution in [0.15, 0.2) is 4.99 Å². The van der Waals surface area contributed by atoms with Crippen LogP contribution in [0.1, 0.15) is 0 Å². The molecule has 1 heterocycles. The lowest BCUT2D eigenvalue weighted by molar-refractivity contribution is 1.03. The zero-order valence-corrected chi connectivity index (χ0v) is 7.21. The maximum absolute atomic E-state index is 5.44. The highest BCUT2D eigenvalue weighted by atomic mass is 35.5. The Balaban J connectivity index is 3.09. The van der Waals surface area contributed by atoms with Crippen molar-refractivity contribution in [3.05, 3.63) is 10.6 Å². The third-order valence-corrected chi connectivity index (χ3v) is 1.14. The maximum Gasteiger partial charge on any atom is 0.258 e. The van der Waals surface area contributed by atoms with Crippen LogP contribution >= 0.6 is 23.2 Å². The van der Waals surface area contributed by atoms with Gasteiger partial charge in [0, 0.05) is 0 Å². The Kier molecular flexibility index (Phi) is 2.61. The summed E-state index contributed by atoms with van der Waals surface area (Å²) in [7, 11) is 0. The fourth-order valence-electron chi connectivity index (χ4n) is 0.482. The molecule has 1 aromatic rings. The van der Waals surface area contributed by atoms with E-state index in [4.69, 9.17) is 34.7 Å². The smallest absolute Gasteiger partial charge is 0.258 e. The monoisotopic (exact) mass is 206 g/mol. The van der Waals surface area contributed by atoms with Gasteiger partial charge in [-0.3, -0.25) is 0 Å². The quantitative estimate of drug-likeness (QED) is 0.501.